The van der Waals surface area contributed by atoms with Gasteiger partial charge in [-0.25, -0.2) is 13.5 Å². The number of hydrogen-bond acceptors (Lipinski definition) is 2. The lowest BCUT2D eigenvalue weighted by atomic mass is 9.93. The average Bonchev–Trinajstić information content (AvgIpc) is 3.29. The number of rotatable bonds is 4. The van der Waals surface area contributed by atoms with Crippen LogP contribution in [0.5, 0.6) is 0 Å². The molecule has 0 aliphatic heterocycles. The third-order valence-corrected chi connectivity index (χ3v) is 5.40. The summed E-state index contributed by atoms with van der Waals surface area (Å²) in [5.41, 5.74) is 4.81. The van der Waals surface area contributed by atoms with Crippen molar-refractivity contribution in [2.75, 3.05) is 0 Å². The maximum Gasteiger partial charge on any atom is 0.128 e. The number of nitrogens with one attached hydrogen (secondary N) is 2. The highest BCUT2D eigenvalue weighted by molar-refractivity contribution is 5.80. The summed E-state index contributed by atoms with van der Waals surface area (Å²) in [6, 6.07) is 14.1. The average molecular weight is 378 g/mol. The van der Waals surface area contributed by atoms with Crippen LogP contribution in [0.2, 0.25) is 0 Å². The molecule has 6 heteroatoms. The molecular formula is C22H20F2N4. The fourth-order valence-electron chi connectivity index (χ4n) is 4.11. The highest BCUT2D eigenvalue weighted by Gasteiger charge is 2.25. The fraction of sp³-hybridized carbons (Fsp3) is 0.227. The maximum atomic E-state index is 13.6. The van der Waals surface area contributed by atoms with E-state index in [9.17, 15) is 8.78 Å². The third-order valence-electron chi connectivity index (χ3n) is 5.40. The topological polar surface area (TPSA) is 45.6 Å². The Morgan fingerprint density at radius 2 is 1.93 bits per heavy atom. The molecule has 1 aliphatic carbocycles. The second-order valence-corrected chi connectivity index (χ2v) is 7.29. The van der Waals surface area contributed by atoms with E-state index in [1.165, 1.54) is 17.5 Å². The van der Waals surface area contributed by atoms with Crippen LogP contribution in [-0.4, -0.2) is 14.8 Å². The SMILES string of the molecule is Fc1cc(F)cc(-n2ncc3c2CCCC3NCc2cc3ccccc3[nH]2)c1. The summed E-state index contributed by atoms with van der Waals surface area (Å²) in [5.74, 6) is -1.19. The molecule has 0 amide bonds. The molecule has 28 heavy (non-hydrogen) atoms. The van der Waals surface area contributed by atoms with Crippen LogP contribution < -0.4 is 5.32 Å². The van der Waals surface area contributed by atoms with E-state index in [4.69, 9.17) is 0 Å². The predicted octanol–water partition coefficient (Wildman–Crippen LogP) is 4.80. The first-order chi connectivity index (χ1) is 13.7. The van der Waals surface area contributed by atoms with E-state index in [-0.39, 0.29) is 6.04 Å². The van der Waals surface area contributed by atoms with Crippen molar-refractivity contribution in [1.29, 1.82) is 0 Å². The smallest absolute Gasteiger partial charge is 0.128 e. The van der Waals surface area contributed by atoms with Crippen LogP contribution in [0.4, 0.5) is 8.78 Å². The standard InChI is InChI=1S/C22H20F2N4/c23-15-9-16(24)11-18(10-15)28-22-7-3-6-21(19(22)13-26-28)25-12-17-8-14-4-1-2-5-20(14)27-17/h1-2,4-5,8-11,13,21,25,27H,3,6-7,12H2. The van der Waals surface area contributed by atoms with E-state index >= 15 is 0 Å². The molecule has 4 aromatic rings. The van der Waals surface area contributed by atoms with Gasteiger partial charge in [0.15, 0.2) is 0 Å². The Balaban J connectivity index is 1.39. The first-order valence-corrected chi connectivity index (χ1v) is 9.51. The third kappa shape index (κ3) is 3.10. The molecule has 0 radical (unpaired) electrons. The summed E-state index contributed by atoms with van der Waals surface area (Å²) in [4.78, 5) is 3.44. The number of aromatic nitrogens is 3. The van der Waals surface area contributed by atoms with Crippen LogP contribution >= 0.6 is 0 Å². The van der Waals surface area contributed by atoms with Crippen LogP contribution in [0.3, 0.4) is 0 Å². The number of benzene rings is 2. The summed E-state index contributed by atoms with van der Waals surface area (Å²) < 4.78 is 28.9. The fourth-order valence-corrected chi connectivity index (χ4v) is 4.11. The van der Waals surface area contributed by atoms with Crippen LogP contribution in [0, 0.1) is 11.6 Å². The van der Waals surface area contributed by atoms with E-state index < -0.39 is 11.6 Å². The van der Waals surface area contributed by atoms with Crippen LogP contribution in [0.25, 0.3) is 16.6 Å². The summed E-state index contributed by atoms with van der Waals surface area (Å²) in [6.45, 7) is 0.721. The zero-order valence-corrected chi connectivity index (χ0v) is 15.3. The number of aromatic amines is 1. The molecule has 1 atom stereocenters. The molecule has 2 aromatic heterocycles. The molecule has 0 saturated heterocycles. The molecule has 5 rings (SSSR count). The molecule has 0 saturated carbocycles. The zero-order valence-electron chi connectivity index (χ0n) is 15.3. The number of hydrogen-bond donors (Lipinski definition) is 2. The van der Waals surface area contributed by atoms with Gasteiger partial charge in [0, 0.05) is 41.1 Å². The molecule has 0 fully saturated rings. The highest BCUT2D eigenvalue weighted by atomic mass is 19.1. The normalized spacial score (nSPS) is 16.4. The molecule has 0 spiro atoms. The van der Waals surface area contributed by atoms with E-state index in [0.717, 1.165) is 54.3 Å². The zero-order chi connectivity index (χ0) is 19.1. The summed E-state index contributed by atoms with van der Waals surface area (Å²) >= 11 is 0. The lowest BCUT2D eigenvalue weighted by molar-refractivity contribution is 0.452. The van der Waals surface area contributed by atoms with Gasteiger partial charge in [-0.05, 0) is 48.9 Å². The highest BCUT2D eigenvalue weighted by Crippen LogP contribution is 2.31. The Kier molecular flexibility index (Phi) is 4.20. The number of H-pyrrole nitrogens is 1. The molecule has 2 N–H and O–H groups in total. The number of nitrogens with zero attached hydrogens (tertiary/aromatic N) is 2. The first kappa shape index (κ1) is 17.1. The predicted molar refractivity (Wildman–Crippen MR) is 104 cm³/mol. The van der Waals surface area contributed by atoms with Gasteiger partial charge in [-0.15, -0.1) is 0 Å². The van der Waals surface area contributed by atoms with Crippen molar-refractivity contribution in [3.63, 3.8) is 0 Å². The summed E-state index contributed by atoms with van der Waals surface area (Å²) in [5, 5.41) is 9.23. The lowest BCUT2D eigenvalue weighted by Gasteiger charge is -2.24. The molecular weight excluding hydrogens is 358 g/mol. The monoisotopic (exact) mass is 378 g/mol. The van der Waals surface area contributed by atoms with Crippen LogP contribution in [-0.2, 0) is 13.0 Å². The Morgan fingerprint density at radius 3 is 2.75 bits per heavy atom. The number of halogens is 2. The molecule has 142 valence electrons. The Labute approximate surface area is 161 Å². The summed E-state index contributed by atoms with van der Waals surface area (Å²) in [6.07, 6.45) is 4.68. The van der Waals surface area contributed by atoms with Crippen LogP contribution in [0.15, 0.2) is 54.7 Å². The second kappa shape index (κ2) is 6.87. The van der Waals surface area contributed by atoms with E-state index in [1.807, 2.05) is 18.3 Å². The van der Waals surface area contributed by atoms with Gasteiger partial charge in [-0.2, -0.15) is 5.10 Å². The molecule has 2 aromatic carbocycles. The number of para-hydroxylation sites is 1. The van der Waals surface area contributed by atoms with Crippen molar-refractivity contribution in [1.82, 2.24) is 20.1 Å². The largest absolute Gasteiger partial charge is 0.357 e. The molecule has 1 aliphatic rings. The molecule has 0 bridgehead atoms. The van der Waals surface area contributed by atoms with Crippen molar-refractivity contribution < 1.29 is 8.78 Å². The molecule has 2 heterocycles. The van der Waals surface area contributed by atoms with Crippen molar-refractivity contribution >= 4 is 10.9 Å². The quantitative estimate of drug-likeness (QED) is 0.536. The minimum absolute atomic E-state index is 0.169. The van der Waals surface area contributed by atoms with Gasteiger partial charge < -0.3 is 10.3 Å². The summed E-state index contributed by atoms with van der Waals surface area (Å²) in [7, 11) is 0. The van der Waals surface area contributed by atoms with Crippen molar-refractivity contribution in [3.8, 4) is 5.69 Å². The Bertz CT molecular complexity index is 1090. The maximum absolute atomic E-state index is 13.6. The van der Waals surface area contributed by atoms with E-state index in [1.54, 1.807) is 4.68 Å². The van der Waals surface area contributed by atoms with Gasteiger partial charge in [-0.3, -0.25) is 0 Å². The lowest BCUT2D eigenvalue weighted by Crippen LogP contribution is -2.25. The molecule has 4 nitrogen and oxygen atoms in total. The second-order valence-electron chi connectivity index (χ2n) is 7.29. The first-order valence-electron chi connectivity index (χ1n) is 9.51. The minimum Gasteiger partial charge on any atom is -0.357 e. The van der Waals surface area contributed by atoms with Crippen LogP contribution in [0.1, 0.15) is 35.8 Å². The van der Waals surface area contributed by atoms with Crippen molar-refractivity contribution in [2.24, 2.45) is 0 Å². The van der Waals surface area contributed by atoms with Gasteiger partial charge in [0.05, 0.1) is 11.9 Å². The van der Waals surface area contributed by atoms with E-state index in [0.29, 0.717) is 5.69 Å². The minimum atomic E-state index is -0.594. The van der Waals surface area contributed by atoms with Gasteiger partial charge >= 0.3 is 0 Å². The Morgan fingerprint density at radius 1 is 1.11 bits per heavy atom. The van der Waals surface area contributed by atoms with Gasteiger partial charge in [0.25, 0.3) is 0 Å². The van der Waals surface area contributed by atoms with Gasteiger partial charge in [0.1, 0.15) is 11.6 Å². The van der Waals surface area contributed by atoms with Crippen molar-refractivity contribution in [3.05, 3.63) is 83.3 Å². The Hall–Kier alpha value is -2.99. The number of fused-ring (bicyclic) bond motifs is 2. The van der Waals surface area contributed by atoms with Gasteiger partial charge in [0.2, 0.25) is 0 Å². The van der Waals surface area contributed by atoms with E-state index in [2.05, 4.69) is 33.6 Å². The van der Waals surface area contributed by atoms with Gasteiger partial charge in [-0.1, -0.05) is 18.2 Å². The molecule has 1 unspecified atom stereocenters. The van der Waals surface area contributed by atoms with Crippen molar-refractivity contribution in [2.45, 2.75) is 31.8 Å².